The summed E-state index contributed by atoms with van der Waals surface area (Å²) < 4.78 is 5.23. The van der Waals surface area contributed by atoms with E-state index in [1.807, 2.05) is 22.7 Å². The van der Waals surface area contributed by atoms with E-state index in [0.29, 0.717) is 0 Å². The van der Waals surface area contributed by atoms with Crippen LogP contribution in [0.5, 0.6) is 0 Å². The molecule has 0 amide bonds. The quantitative estimate of drug-likeness (QED) is 0.161. The topological polar surface area (TPSA) is 3.24 Å². The van der Waals surface area contributed by atoms with Crippen molar-refractivity contribution in [1.29, 1.82) is 0 Å². The Balaban J connectivity index is 1.20. The first-order valence-corrected chi connectivity index (χ1v) is 19.6. The van der Waals surface area contributed by atoms with Crippen molar-refractivity contribution in [2.75, 3.05) is 4.90 Å². The molecule has 0 aliphatic rings. The molecule has 0 N–H and O–H groups in total. The monoisotopic (exact) mass is 709 g/mol. The van der Waals surface area contributed by atoms with Gasteiger partial charge in [0.2, 0.25) is 0 Å². The third-order valence-corrected chi connectivity index (χ3v) is 13.0. The number of nitrogens with zero attached hydrogens (tertiary/aromatic N) is 1. The molecule has 0 spiro atoms. The lowest BCUT2D eigenvalue weighted by Crippen LogP contribution is -2.12. The number of hydrogen-bond donors (Lipinski definition) is 0. The van der Waals surface area contributed by atoms with E-state index in [2.05, 4.69) is 193 Å². The lowest BCUT2D eigenvalue weighted by atomic mass is 9.90. The van der Waals surface area contributed by atoms with Crippen molar-refractivity contribution in [2.45, 2.75) is 0 Å². The number of rotatable bonds is 5. The fourth-order valence-corrected chi connectivity index (χ4v) is 10.6. The predicted molar refractivity (Wildman–Crippen MR) is 233 cm³/mol. The highest BCUT2D eigenvalue weighted by Crippen LogP contribution is 2.52. The Hall–Kier alpha value is -6.26. The van der Waals surface area contributed by atoms with E-state index in [4.69, 9.17) is 0 Å². The first kappa shape index (κ1) is 30.4. The summed E-state index contributed by atoms with van der Waals surface area (Å²) >= 11 is 3.75. The third kappa shape index (κ3) is 4.82. The molecule has 0 radical (unpaired) electrons. The van der Waals surface area contributed by atoms with Gasteiger partial charge >= 0.3 is 0 Å². The summed E-state index contributed by atoms with van der Waals surface area (Å²) in [7, 11) is 0. The van der Waals surface area contributed by atoms with Crippen molar-refractivity contribution in [2.24, 2.45) is 0 Å². The number of thiophene rings is 2. The standard InChI is InChI=1S/C50H31NS2/c1-2-13-33(14-3-1)48-41-19-6-4-15-36(41)37-16-5-7-20-42(37)49(48)51(44-22-12-21-43-39-18-9-11-24-46(39)53-50(43)44)35-28-25-32(26-29-35)34-27-30-40-38-17-8-10-23-45(38)52-47(40)31-34/h1-31H. The molecule has 9 aromatic carbocycles. The van der Waals surface area contributed by atoms with E-state index in [0.717, 1.165) is 5.69 Å². The average Bonchev–Trinajstić information content (AvgIpc) is 3.80. The van der Waals surface area contributed by atoms with Crippen LogP contribution < -0.4 is 4.90 Å². The molecule has 2 aromatic heterocycles. The normalized spacial score (nSPS) is 11.8. The molecule has 0 saturated heterocycles. The Morgan fingerprint density at radius 1 is 0.321 bits per heavy atom. The van der Waals surface area contributed by atoms with Crippen LogP contribution in [0.25, 0.3) is 84.1 Å². The molecule has 2 heterocycles. The molecular weight excluding hydrogens is 679 g/mol. The van der Waals surface area contributed by atoms with Gasteiger partial charge < -0.3 is 4.90 Å². The molecular formula is C50H31NS2. The van der Waals surface area contributed by atoms with Crippen LogP contribution in [0.4, 0.5) is 17.1 Å². The van der Waals surface area contributed by atoms with E-state index in [1.165, 1.54) is 95.5 Å². The second kappa shape index (κ2) is 12.2. The molecule has 11 aromatic rings. The minimum atomic E-state index is 1.12. The van der Waals surface area contributed by atoms with Gasteiger partial charge in [0.25, 0.3) is 0 Å². The van der Waals surface area contributed by atoms with E-state index in [9.17, 15) is 0 Å². The van der Waals surface area contributed by atoms with Gasteiger partial charge in [-0.15, -0.1) is 22.7 Å². The summed E-state index contributed by atoms with van der Waals surface area (Å²) in [6.07, 6.45) is 0. The molecule has 0 aliphatic carbocycles. The van der Waals surface area contributed by atoms with Gasteiger partial charge in [-0.05, 0) is 69.2 Å². The van der Waals surface area contributed by atoms with Crippen LogP contribution in [0.2, 0.25) is 0 Å². The van der Waals surface area contributed by atoms with Crippen LogP contribution in [0.3, 0.4) is 0 Å². The van der Waals surface area contributed by atoms with Crippen LogP contribution >= 0.6 is 22.7 Å². The van der Waals surface area contributed by atoms with Crippen LogP contribution in [0.15, 0.2) is 188 Å². The van der Waals surface area contributed by atoms with E-state index >= 15 is 0 Å². The van der Waals surface area contributed by atoms with Crippen molar-refractivity contribution in [3.8, 4) is 22.3 Å². The lowest BCUT2D eigenvalue weighted by molar-refractivity contribution is 1.32. The molecule has 53 heavy (non-hydrogen) atoms. The van der Waals surface area contributed by atoms with E-state index in [-0.39, 0.29) is 0 Å². The Morgan fingerprint density at radius 3 is 1.62 bits per heavy atom. The van der Waals surface area contributed by atoms with Gasteiger partial charge in [0.1, 0.15) is 0 Å². The Kier molecular flexibility index (Phi) is 6.97. The maximum atomic E-state index is 2.54. The highest BCUT2D eigenvalue weighted by atomic mass is 32.1. The Morgan fingerprint density at radius 2 is 0.868 bits per heavy atom. The highest BCUT2D eigenvalue weighted by molar-refractivity contribution is 7.26. The van der Waals surface area contributed by atoms with Gasteiger partial charge in [0.05, 0.1) is 16.1 Å². The molecule has 0 unspecified atom stereocenters. The number of fused-ring (bicyclic) bond motifs is 9. The lowest BCUT2D eigenvalue weighted by Gasteiger charge is -2.31. The summed E-state index contributed by atoms with van der Waals surface area (Å²) in [4.78, 5) is 2.54. The minimum absolute atomic E-state index is 1.12. The van der Waals surface area contributed by atoms with Crippen LogP contribution in [-0.4, -0.2) is 0 Å². The number of anilines is 3. The van der Waals surface area contributed by atoms with Gasteiger partial charge in [-0.2, -0.15) is 0 Å². The summed E-state index contributed by atoms with van der Waals surface area (Å²) in [5, 5.41) is 10.2. The zero-order valence-electron chi connectivity index (χ0n) is 28.7. The molecule has 1 nitrogen and oxygen atoms in total. The fraction of sp³-hybridized carbons (Fsp3) is 0. The minimum Gasteiger partial charge on any atom is -0.308 e. The van der Waals surface area contributed by atoms with Gasteiger partial charge in [-0.25, -0.2) is 0 Å². The molecule has 0 bridgehead atoms. The van der Waals surface area contributed by atoms with Crippen molar-refractivity contribution in [3.63, 3.8) is 0 Å². The smallest absolute Gasteiger partial charge is 0.0640 e. The predicted octanol–water partition coefficient (Wildman–Crippen LogP) is 15.5. The van der Waals surface area contributed by atoms with E-state index in [1.54, 1.807) is 0 Å². The highest BCUT2D eigenvalue weighted by Gasteiger charge is 2.25. The van der Waals surface area contributed by atoms with Crippen LogP contribution in [-0.2, 0) is 0 Å². The van der Waals surface area contributed by atoms with E-state index < -0.39 is 0 Å². The third-order valence-electron chi connectivity index (χ3n) is 10.7. The van der Waals surface area contributed by atoms with Crippen LogP contribution in [0.1, 0.15) is 0 Å². The Labute approximate surface area is 315 Å². The molecule has 0 fully saturated rings. The Bertz CT molecular complexity index is 3170. The van der Waals surface area contributed by atoms with Crippen molar-refractivity contribution in [1.82, 2.24) is 0 Å². The average molecular weight is 710 g/mol. The summed E-state index contributed by atoms with van der Waals surface area (Å²) in [6.45, 7) is 0. The van der Waals surface area contributed by atoms with Crippen molar-refractivity contribution < 1.29 is 0 Å². The maximum Gasteiger partial charge on any atom is 0.0640 e. The molecule has 0 atom stereocenters. The van der Waals surface area contributed by atoms with Crippen molar-refractivity contribution >= 4 is 102 Å². The first-order valence-electron chi connectivity index (χ1n) is 18.0. The van der Waals surface area contributed by atoms with Gasteiger partial charge in [-0.1, -0.05) is 152 Å². The SMILES string of the molecule is c1ccc(-c2c(N(c3ccc(-c4ccc5c(c4)sc4ccccc45)cc3)c3cccc4c3sc3ccccc34)c3ccccc3c3ccccc23)cc1. The molecule has 0 aliphatic heterocycles. The molecule has 248 valence electrons. The fourth-order valence-electron chi connectivity index (χ4n) is 8.26. The summed E-state index contributed by atoms with van der Waals surface area (Å²) in [5.41, 5.74) is 8.37. The van der Waals surface area contributed by atoms with Crippen molar-refractivity contribution in [3.05, 3.63) is 188 Å². The zero-order chi connectivity index (χ0) is 34.9. The molecule has 0 saturated carbocycles. The first-order chi connectivity index (χ1) is 26.3. The number of hydrogen-bond acceptors (Lipinski definition) is 3. The second-order valence-electron chi connectivity index (χ2n) is 13.6. The largest absolute Gasteiger partial charge is 0.308 e. The molecule has 3 heteroatoms. The summed E-state index contributed by atoms with van der Waals surface area (Å²) in [5.74, 6) is 0. The molecule has 11 rings (SSSR count). The maximum absolute atomic E-state index is 2.54. The van der Waals surface area contributed by atoms with Gasteiger partial charge in [0.15, 0.2) is 0 Å². The van der Waals surface area contributed by atoms with Crippen LogP contribution in [0, 0.1) is 0 Å². The van der Waals surface area contributed by atoms with Gasteiger partial charge in [-0.3, -0.25) is 0 Å². The zero-order valence-corrected chi connectivity index (χ0v) is 30.3. The van der Waals surface area contributed by atoms with Gasteiger partial charge in [0, 0.05) is 52.3 Å². The second-order valence-corrected chi connectivity index (χ2v) is 15.8. The summed E-state index contributed by atoms with van der Waals surface area (Å²) in [6, 6.07) is 69.2. The number of benzene rings is 9.